The number of nitrogens with zero attached hydrogens (tertiary/aromatic N) is 1. The first-order chi connectivity index (χ1) is 10.6. The van der Waals surface area contributed by atoms with Crippen molar-refractivity contribution in [2.24, 2.45) is 0 Å². The number of hydrogen-bond acceptors (Lipinski definition) is 3. The van der Waals surface area contributed by atoms with E-state index in [9.17, 15) is 4.79 Å². The lowest BCUT2D eigenvalue weighted by atomic mass is 10.2. The standard InChI is InChI=1S/C17H20BrN3O/c1-3-4-7-20-15-9-13(10-19-11-15)17(22)21-16-6-5-14(18)8-12(16)2/h5-6,8-11,20H,3-4,7H2,1-2H3,(H,21,22). The Kier molecular flexibility index (Phi) is 5.95. The van der Waals surface area contributed by atoms with Crippen molar-refractivity contribution >= 4 is 33.2 Å². The highest BCUT2D eigenvalue weighted by Crippen LogP contribution is 2.21. The van der Waals surface area contributed by atoms with E-state index in [1.165, 1.54) is 0 Å². The van der Waals surface area contributed by atoms with Crippen molar-refractivity contribution in [3.63, 3.8) is 0 Å². The van der Waals surface area contributed by atoms with Crippen molar-refractivity contribution in [2.45, 2.75) is 26.7 Å². The average molecular weight is 362 g/mol. The first-order valence-corrected chi connectivity index (χ1v) is 8.16. The minimum absolute atomic E-state index is 0.155. The number of unbranched alkanes of at least 4 members (excludes halogenated alkanes) is 1. The van der Waals surface area contributed by atoms with Crippen LogP contribution >= 0.6 is 15.9 Å². The van der Waals surface area contributed by atoms with Gasteiger partial charge >= 0.3 is 0 Å². The SMILES string of the molecule is CCCCNc1cncc(C(=O)Nc2ccc(Br)cc2C)c1. The van der Waals surface area contributed by atoms with Gasteiger partial charge in [-0.05, 0) is 43.2 Å². The summed E-state index contributed by atoms with van der Waals surface area (Å²) in [6.45, 7) is 4.99. The fourth-order valence-corrected chi connectivity index (χ4v) is 2.51. The summed E-state index contributed by atoms with van der Waals surface area (Å²) in [6.07, 6.45) is 5.53. The monoisotopic (exact) mass is 361 g/mol. The van der Waals surface area contributed by atoms with Gasteiger partial charge < -0.3 is 10.6 Å². The molecule has 0 atom stereocenters. The Labute approximate surface area is 139 Å². The summed E-state index contributed by atoms with van der Waals surface area (Å²) in [4.78, 5) is 16.5. The molecule has 116 valence electrons. The first-order valence-electron chi connectivity index (χ1n) is 7.36. The molecule has 2 N–H and O–H groups in total. The third kappa shape index (κ3) is 4.56. The summed E-state index contributed by atoms with van der Waals surface area (Å²) in [5, 5.41) is 6.20. The second-order valence-electron chi connectivity index (χ2n) is 5.16. The van der Waals surface area contributed by atoms with E-state index >= 15 is 0 Å². The van der Waals surface area contributed by atoms with Gasteiger partial charge in [-0.25, -0.2) is 0 Å². The molecular formula is C17H20BrN3O. The van der Waals surface area contributed by atoms with E-state index in [2.05, 4.69) is 38.5 Å². The van der Waals surface area contributed by atoms with Crippen LogP contribution in [0.4, 0.5) is 11.4 Å². The Hall–Kier alpha value is -1.88. The molecule has 1 heterocycles. The van der Waals surface area contributed by atoms with E-state index in [-0.39, 0.29) is 5.91 Å². The molecule has 1 aromatic heterocycles. The van der Waals surface area contributed by atoms with Crippen LogP contribution in [0.5, 0.6) is 0 Å². The number of benzene rings is 1. The van der Waals surface area contributed by atoms with Crippen LogP contribution in [0.25, 0.3) is 0 Å². The van der Waals surface area contributed by atoms with Crippen LogP contribution in [0.1, 0.15) is 35.7 Å². The van der Waals surface area contributed by atoms with Crippen LogP contribution in [0.15, 0.2) is 41.1 Å². The molecule has 0 saturated heterocycles. The Morgan fingerprint density at radius 1 is 1.27 bits per heavy atom. The Balaban J connectivity index is 2.07. The summed E-state index contributed by atoms with van der Waals surface area (Å²) in [5.41, 5.74) is 3.22. The number of rotatable bonds is 6. The minimum Gasteiger partial charge on any atom is -0.384 e. The normalized spacial score (nSPS) is 10.3. The molecule has 2 rings (SSSR count). The van der Waals surface area contributed by atoms with Gasteiger partial charge in [0.1, 0.15) is 0 Å². The minimum atomic E-state index is -0.155. The van der Waals surface area contributed by atoms with Crippen LogP contribution in [-0.2, 0) is 0 Å². The molecule has 0 bridgehead atoms. The fourth-order valence-electron chi connectivity index (χ4n) is 2.03. The van der Waals surface area contributed by atoms with Crippen molar-refractivity contribution in [3.8, 4) is 0 Å². The zero-order valence-electron chi connectivity index (χ0n) is 12.8. The molecule has 4 nitrogen and oxygen atoms in total. The molecule has 0 unspecified atom stereocenters. The highest BCUT2D eigenvalue weighted by atomic mass is 79.9. The van der Waals surface area contributed by atoms with E-state index in [4.69, 9.17) is 0 Å². The number of anilines is 2. The predicted molar refractivity (Wildman–Crippen MR) is 94.5 cm³/mol. The van der Waals surface area contributed by atoms with E-state index in [1.54, 1.807) is 12.4 Å². The Bertz CT molecular complexity index is 658. The third-order valence-corrected chi connectivity index (χ3v) is 3.79. The smallest absolute Gasteiger partial charge is 0.257 e. The van der Waals surface area contributed by atoms with Gasteiger partial charge in [0.2, 0.25) is 0 Å². The second-order valence-corrected chi connectivity index (χ2v) is 6.07. The number of aryl methyl sites for hydroxylation is 1. The molecule has 0 aliphatic carbocycles. The number of pyridine rings is 1. The maximum atomic E-state index is 12.3. The molecule has 0 saturated carbocycles. The molecule has 0 aliphatic heterocycles. The predicted octanol–water partition coefficient (Wildman–Crippen LogP) is 4.62. The molecular weight excluding hydrogens is 342 g/mol. The number of aromatic nitrogens is 1. The fraction of sp³-hybridized carbons (Fsp3) is 0.294. The van der Waals surface area contributed by atoms with E-state index in [1.807, 2.05) is 31.2 Å². The number of carbonyl (C=O) groups is 1. The molecule has 0 aliphatic rings. The van der Waals surface area contributed by atoms with Crippen LogP contribution < -0.4 is 10.6 Å². The first kappa shape index (κ1) is 16.5. The van der Waals surface area contributed by atoms with Gasteiger partial charge in [-0.15, -0.1) is 0 Å². The maximum Gasteiger partial charge on any atom is 0.257 e. The van der Waals surface area contributed by atoms with Gasteiger partial charge in [0.25, 0.3) is 5.91 Å². The van der Waals surface area contributed by atoms with Crippen molar-refractivity contribution in [1.82, 2.24) is 4.98 Å². The van der Waals surface area contributed by atoms with E-state index < -0.39 is 0 Å². The molecule has 5 heteroatoms. The van der Waals surface area contributed by atoms with Crippen LogP contribution in [0.3, 0.4) is 0 Å². The molecule has 0 spiro atoms. The maximum absolute atomic E-state index is 12.3. The van der Waals surface area contributed by atoms with Crippen molar-refractivity contribution in [2.75, 3.05) is 17.2 Å². The summed E-state index contributed by atoms with van der Waals surface area (Å²) in [7, 11) is 0. The number of hydrogen-bond donors (Lipinski definition) is 2. The lowest BCUT2D eigenvalue weighted by Crippen LogP contribution is -2.13. The largest absolute Gasteiger partial charge is 0.384 e. The van der Waals surface area contributed by atoms with Gasteiger partial charge in [-0.1, -0.05) is 29.3 Å². The zero-order chi connectivity index (χ0) is 15.9. The van der Waals surface area contributed by atoms with Crippen LogP contribution in [0.2, 0.25) is 0 Å². The summed E-state index contributed by atoms with van der Waals surface area (Å²) in [6, 6.07) is 7.58. The number of nitrogens with one attached hydrogen (secondary N) is 2. The molecule has 22 heavy (non-hydrogen) atoms. The summed E-state index contributed by atoms with van der Waals surface area (Å²) >= 11 is 3.42. The second kappa shape index (κ2) is 7.94. The van der Waals surface area contributed by atoms with E-state index in [0.717, 1.165) is 40.8 Å². The molecule has 1 amide bonds. The number of amides is 1. The summed E-state index contributed by atoms with van der Waals surface area (Å²) in [5.74, 6) is -0.155. The molecule has 0 radical (unpaired) electrons. The van der Waals surface area contributed by atoms with Crippen molar-refractivity contribution in [3.05, 3.63) is 52.3 Å². The summed E-state index contributed by atoms with van der Waals surface area (Å²) < 4.78 is 0.992. The van der Waals surface area contributed by atoms with Crippen molar-refractivity contribution < 1.29 is 4.79 Å². The van der Waals surface area contributed by atoms with Crippen LogP contribution in [-0.4, -0.2) is 17.4 Å². The van der Waals surface area contributed by atoms with Gasteiger partial charge in [-0.2, -0.15) is 0 Å². The lowest BCUT2D eigenvalue weighted by molar-refractivity contribution is 0.102. The lowest BCUT2D eigenvalue weighted by Gasteiger charge is -2.10. The quantitative estimate of drug-likeness (QED) is 0.738. The van der Waals surface area contributed by atoms with Crippen LogP contribution in [0, 0.1) is 6.92 Å². The van der Waals surface area contributed by atoms with Gasteiger partial charge in [0.15, 0.2) is 0 Å². The van der Waals surface area contributed by atoms with Gasteiger partial charge in [0.05, 0.1) is 11.3 Å². The molecule has 0 fully saturated rings. The van der Waals surface area contributed by atoms with E-state index in [0.29, 0.717) is 5.56 Å². The van der Waals surface area contributed by atoms with Gasteiger partial charge in [-0.3, -0.25) is 9.78 Å². The number of halogens is 1. The van der Waals surface area contributed by atoms with Crippen molar-refractivity contribution in [1.29, 1.82) is 0 Å². The molecule has 1 aromatic carbocycles. The zero-order valence-corrected chi connectivity index (χ0v) is 14.4. The highest BCUT2D eigenvalue weighted by molar-refractivity contribution is 9.10. The number of carbonyl (C=O) groups excluding carboxylic acids is 1. The Morgan fingerprint density at radius 3 is 2.82 bits per heavy atom. The topological polar surface area (TPSA) is 54.0 Å². The third-order valence-electron chi connectivity index (χ3n) is 3.30. The average Bonchev–Trinajstić information content (AvgIpc) is 2.50. The highest BCUT2D eigenvalue weighted by Gasteiger charge is 2.09. The van der Waals surface area contributed by atoms with Gasteiger partial charge in [0, 0.05) is 29.1 Å². The Morgan fingerprint density at radius 2 is 2.09 bits per heavy atom. The molecule has 2 aromatic rings.